The first-order valence-corrected chi connectivity index (χ1v) is 14.4. The van der Waals surface area contributed by atoms with Gasteiger partial charge in [-0.2, -0.15) is 13.2 Å². The lowest BCUT2D eigenvalue weighted by Gasteiger charge is -2.34. The highest BCUT2D eigenvalue weighted by Gasteiger charge is 2.38. The van der Waals surface area contributed by atoms with Crippen molar-refractivity contribution < 1.29 is 31.5 Å². The number of nitrogens with one attached hydrogen (secondary N) is 2. The number of aromatic nitrogens is 3. The van der Waals surface area contributed by atoms with Crippen molar-refractivity contribution in [2.45, 2.75) is 11.1 Å². The number of carboxylic acids is 1. The molecule has 3 aromatic rings. The average molecular weight is 611 g/mol. The number of aliphatic carboxylic acids is 1. The molecule has 0 radical (unpaired) electrons. The lowest BCUT2D eigenvalue weighted by Crippen LogP contribution is -2.44. The van der Waals surface area contributed by atoms with Crippen LogP contribution < -0.4 is 10.2 Å². The normalized spacial score (nSPS) is 15.3. The molecular formula is C26H26ClF3N6O4S. The highest BCUT2D eigenvalue weighted by molar-refractivity contribution is 7.91. The maximum Gasteiger partial charge on any atom is 0.490 e. The van der Waals surface area contributed by atoms with Crippen LogP contribution in [0, 0.1) is 0 Å². The Balaban J connectivity index is 0.000000493. The highest BCUT2D eigenvalue weighted by Crippen LogP contribution is 2.26. The van der Waals surface area contributed by atoms with Crippen LogP contribution in [0.3, 0.4) is 0 Å². The number of aromatic amines is 1. The molecule has 2 aromatic carbocycles. The Kier molecular flexibility index (Phi) is 8.75. The standard InChI is InChI=1S/C24H25ClN6O2S.C2HF3O2/c1-30-9-11-31(12-10-30)21-7-6-18-14-17(21)5-3-16-4-8-22(34(2,32)33)20(13-16)28-23-19(25)15-26-24(27-18)29-23;3-2(4,5)1(6)7/h3-8,13-15H,9-12H2,1-2H3,(H2,26,27,28,29);(H,6,7). The monoisotopic (exact) mass is 610 g/mol. The smallest absolute Gasteiger partial charge is 0.475 e. The second-order valence-electron chi connectivity index (χ2n) is 9.35. The van der Waals surface area contributed by atoms with E-state index in [0.717, 1.165) is 48.2 Å². The summed E-state index contributed by atoms with van der Waals surface area (Å²) in [6.45, 7) is 3.90. The van der Waals surface area contributed by atoms with Crippen molar-refractivity contribution in [2.24, 2.45) is 0 Å². The Hall–Kier alpha value is -3.88. The first-order valence-electron chi connectivity index (χ1n) is 12.2. The molecule has 1 fully saturated rings. The van der Waals surface area contributed by atoms with Gasteiger partial charge in [0.05, 0.1) is 21.0 Å². The summed E-state index contributed by atoms with van der Waals surface area (Å²) in [4.78, 5) is 26.0. The third kappa shape index (κ3) is 7.65. The van der Waals surface area contributed by atoms with Gasteiger partial charge in [0.1, 0.15) is 0 Å². The minimum atomic E-state index is -5.08. The Labute approximate surface area is 238 Å². The SMILES string of the molecule is CN1CCN(c2ccc3cc2ccc2ccc(S(C)(=O)=O)c(c2)nc2[nH]c(n3)NC=C2Cl)CC1.O=C(O)C(F)(F)F. The number of anilines is 2. The summed E-state index contributed by atoms with van der Waals surface area (Å²) in [5.74, 6) is -1.99. The predicted octanol–water partition coefficient (Wildman–Crippen LogP) is 4.55. The zero-order valence-electron chi connectivity index (χ0n) is 21.9. The van der Waals surface area contributed by atoms with E-state index in [0.29, 0.717) is 22.3 Å². The molecule has 6 bridgehead atoms. The highest BCUT2D eigenvalue weighted by atomic mass is 35.5. The number of piperazine rings is 1. The first kappa shape index (κ1) is 30.1. The van der Waals surface area contributed by atoms with Gasteiger partial charge in [0.25, 0.3) is 0 Å². The molecule has 2 aliphatic heterocycles. The van der Waals surface area contributed by atoms with E-state index in [-0.39, 0.29) is 4.90 Å². The number of halogens is 4. The largest absolute Gasteiger partial charge is 0.490 e. The molecule has 0 unspecified atom stereocenters. The fourth-order valence-corrected chi connectivity index (χ4v) is 5.05. The minimum absolute atomic E-state index is 0.133. The van der Waals surface area contributed by atoms with E-state index in [2.05, 4.69) is 43.2 Å². The molecule has 5 rings (SSSR count). The van der Waals surface area contributed by atoms with E-state index in [1.165, 1.54) is 6.26 Å². The third-order valence-corrected chi connectivity index (χ3v) is 7.64. The van der Waals surface area contributed by atoms with E-state index in [1.807, 2.05) is 24.3 Å². The molecular weight excluding hydrogens is 585 g/mol. The van der Waals surface area contributed by atoms with E-state index in [9.17, 15) is 21.6 Å². The van der Waals surface area contributed by atoms with Crippen LogP contribution in [0.15, 0.2) is 59.6 Å². The minimum Gasteiger partial charge on any atom is -0.475 e. The predicted molar refractivity (Wildman–Crippen MR) is 152 cm³/mol. The quantitative estimate of drug-likeness (QED) is 0.382. The van der Waals surface area contributed by atoms with Crippen molar-refractivity contribution in [1.29, 1.82) is 0 Å². The van der Waals surface area contributed by atoms with E-state index < -0.39 is 22.0 Å². The third-order valence-electron chi connectivity index (χ3n) is 6.21. The number of fused-ring (bicyclic) bond motifs is 6. The Morgan fingerprint density at radius 1 is 1.02 bits per heavy atom. The summed E-state index contributed by atoms with van der Waals surface area (Å²) in [6, 6.07) is 15.3. The lowest BCUT2D eigenvalue weighted by atomic mass is 10.1. The van der Waals surface area contributed by atoms with Gasteiger partial charge in [-0.1, -0.05) is 29.8 Å². The molecule has 2 aliphatic rings. The zero-order chi connectivity index (χ0) is 29.9. The van der Waals surface area contributed by atoms with Gasteiger partial charge in [0, 0.05) is 44.3 Å². The van der Waals surface area contributed by atoms with Gasteiger partial charge in [0.2, 0.25) is 5.95 Å². The molecule has 0 aliphatic carbocycles. The maximum absolute atomic E-state index is 12.4. The molecule has 0 atom stereocenters. The molecule has 3 heterocycles. The number of hydrogen-bond acceptors (Lipinski definition) is 8. The van der Waals surface area contributed by atoms with Gasteiger partial charge < -0.3 is 25.2 Å². The number of sulfone groups is 1. The molecule has 218 valence electrons. The molecule has 1 aromatic heterocycles. The van der Waals surface area contributed by atoms with E-state index in [1.54, 1.807) is 24.4 Å². The summed E-state index contributed by atoms with van der Waals surface area (Å²) in [6.07, 6.45) is -2.33. The lowest BCUT2D eigenvalue weighted by molar-refractivity contribution is -0.192. The number of hydrogen-bond donors (Lipinski definition) is 3. The molecule has 0 saturated carbocycles. The Bertz CT molecular complexity index is 1720. The van der Waals surface area contributed by atoms with Crippen molar-refractivity contribution in [3.8, 4) is 0 Å². The van der Waals surface area contributed by atoms with Gasteiger partial charge in [-0.15, -0.1) is 0 Å². The van der Waals surface area contributed by atoms with Crippen LogP contribution in [-0.2, 0) is 14.6 Å². The topological polar surface area (TPSA) is 132 Å². The number of carboxylic acid groups (broad SMARTS) is 1. The van der Waals surface area contributed by atoms with Gasteiger partial charge in [-0.3, -0.25) is 0 Å². The maximum atomic E-state index is 12.4. The fraction of sp³-hybridized carbons (Fsp3) is 0.269. The van der Waals surface area contributed by atoms with Crippen LogP contribution in [0.1, 0.15) is 5.82 Å². The summed E-state index contributed by atoms with van der Waals surface area (Å²) in [7, 11) is -1.36. The van der Waals surface area contributed by atoms with E-state index >= 15 is 0 Å². The van der Waals surface area contributed by atoms with Crippen LogP contribution >= 0.6 is 11.6 Å². The molecule has 0 spiro atoms. The molecule has 41 heavy (non-hydrogen) atoms. The number of H-pyrrole nitrogens is 1. The van der Waals surface area contributed by atoms with E-state index in [4.69, 9.17) is 21.5 Å². The Morgan fingerprint density at radius 2 is 1.68 bits per heavy atom. The van der Waals surface area contributed by atoms with Gasteiger partial charge >= 0.3 is 12.1 Å². The van der Waals surface area contributed by atoms with Crippen LogP contribution in [0.5, 0.6) is 0 Å². The number of rotatable bonds is 2. The summed E-state index contributed by atoms with van der Waals surface area (Å²) >= 11 is 6.35. The molecule has 3 N–H and O–H groups in total. The van der Waals surface area contributed by atoms with Crippen molar-refractivity contribution >= 4 is 65.9 Å². The first-order chi connectivity index (χ1) is 19.2. The van der Waals surface area contributed by atoms with Crippen molar-refractivity contribution in [3.05, 3.63) is 60.6 Å². The van der Waals surface area contributed by atoms with Crippen LogP contribution in [0.2, 0.25) is 0 Å². The van der Waals surface area contributed by atoms with Crippen LogP contribution in [0.25, 0.3) is 26.8 Å². The number of benzene rings is 2. The second-order valence-corrected chi connectivity index (χ2v) is 11.7. The number of alkyl halides is 3. The van der Waals surface area contributed by atoms with Gasteiger partial charge in [-0.05, 0) is 48.2 Å². The zero-order valence-corrected chi connectivity index (χ0v) is 23.5. The number of carbonyl (C=O) groups is 1. The second kappa shape index (κ2) is 11.9. The fourth-order valence-electron chi connectivity index (χ4n) is 4.10. The Morgan fingerprint density at radius 3 is 2.32 bits per heavy atom. The summed E-state index contributed by atoms with van der Waals surface area (Å²) < 4.78 is 56.5. The molecule has 1 saturated heterocycles. The van der Waals surface area contributed by atoms with Gasteiger partial charge in [0.15, 0.2) is 15.7 Å². The van der Waals surface area contributed by atoms with Crippen LogP contribution in [0.4, 0.5) is 24.8 Å². The van der Waals surface area contributed by atoms with Crippen molar-refractivity contribution in [1.82, 2.24) is 19.9 Å². The molecule has 10 nitrogen and oxygen atoms in total. The van der Waals surface area contributed by atoms with Crippen LogP contribution in [-0.4, -0.2) is 85.0 Å². The van der Waals surface area contributed by atoms with Gasteiger partial charge in [-0.25, -0.2) is 23.2 Å². The number of nitrogens with zero attached hydrogens (tertiary/aromatic N) is 4. The summed E-state index contributed by atoms with van der Waals surface area (Å²) in [5, 5.41) is 12.3. The molecule has 0 amide bonds. The number of likely N-dealkylation sites (N-methyl/N-ethyl adjacent to an activating group) is 1. The van der Waals surface area contributed by atoms with Crippen molar-refractivity contribution in [2.75, 3.05) is 49.7 Å². The average Bonchev–Trinajstić information content (AvgIpc) is 2.89. The molecule has 15 heteroatoms. The summed E-state index contributed by atoms with van der Waals surface area (Å²) in [5.41, 5.74) is 2.21. The van der Waals surface area contributed by atoms with Crippen molar-refractivity contribution in [3.63, 3.8) is 0 Å².